The topological polar surface area (TPSA) is 142 Å². The number of aromatic nitrogens is 2. The highest BCUT2D eigenvalue weighted by atomic mass is 32.2. The summed E-state index contributed by atoms with van der Waals surface area (Å²) in [5, 5.41) is 0.285. The fourth-order valence-corrected chi connectivity index (χ4v) is 4.41. The smallest absolute Gasteiger partial charge is 0.329 e. The molecule has 2 N–H and O–H groups in total. The SMILES string of the molecule is CSCCC(C(=O)OCc1nc2ccccc2c(=O)n1CC(N)=O)N1C(=O)c2ccccc2C1=O. The highest BCUT2D eigenvalue weighted by Crippen LogP contribution is 2.26. The molecular weight excluding hydrogens is 472 g/mol. The Bertz CT molecular complexity index is 1370. The number of para-hydroxylation sites is 1. The average molecular weight is 495 g/mol. The first kappa shape index (κ1) is 24.1. The van der Waals surface area contributed by atoms with Gasteiger partial charge in [0.25, 0.3) is 17.4 Å². The van der Waals surface area contributed by atoms with Crippen molar-refractivity contribution in [2.24, 2.45) is 5.73 Å². The van der Waals surface area contributed by atoms with Gasteiger partial charge in [0.1, 0.15) is 19.2 Å². The molecule has 1 atom stereocenters. The molecule has 2 aromatic carbocycles. The van der Waals surface area contributed by atoms with Crippen molar-refractivity contribution in [3.63, 3.8) is 0 Å². The number of hydrogen-bond donors (Lipinski definition) is 1. The van der Waals surface area contributed by atoms with Crippen LogP contribution in [0, 0.1) is 0 Å². The summed E-state index contributed by atoms with van der Waals surface area (Å²) < 4.78 is 6.51. The molecule has 2 heterocycles. The minimum absolute atomic E-state index is 0.0202. The number of hydrogen-bond acceptors (Lipinski definition) is 8. The Morgan fingerprint density at radius 1 is 1.03 bits per heavy atom. The number of thioether (sulfide) groups is 1. The summed E-state index contributed by atoms with van der Waals surface area (Å²) >= 11 is 1.45. The number of amides is 3. The molecule has 11 heteroatoms. The van der Waals surface area contributed by atoms with E-state index in [1.807, 2.05) is 6.26 Å². The number of carbonyl (C=O) groups excluding carboxylic acids is 4. The second-order valence-corrected chi connectivity index (χ2v) is 8.82. The van der Waals surface area contributed by atoms with Crippen LogP contribution in [0.4, 0.5) is 0 Å². The molecule has 0 aliphatic carbocycles. The first-order chi connectivity index (χ1) is 16.8. The minimum Gasteiger partial charge on any atom is -0.456 e. The Kier molecular flexibility index (Phi) is 6.97. The van der Waals surface area contributed by atoms with E-state index in [1.165, 1.54) is 23.9 Å². The van der Waals surface area contributed by atoms with E-state index in [9.17, 15) is 24.0 Å². The summed E-state index contributed by atoms with van der Waals surface area (Å²) in [5.74, 6) is -2.20. The molecular formula is C24H22N4O6S. The fourth-order valence-electron chi connectivity index (χ4n) is 3.95. The number of fused-ring (bicyclic) bond motifs is 2. The monoisotopic (exact) mass is 494 g/mol. The first-order valence-electron chi connectivity index (χ1n) is 10.7. The molecule has 1 aromatic heterocycles. The molecule has 1 unspecified atom stereocenters. The zero-order chi connectivity index (χ0) is 25.1. The van der Waals surface area contributed by atoms with Crippen LogP contribution < -0.4 is 11.3 Å². The maximum atomic E-state index is 13.1. The van der Waals surface area contributed by atoms with Crippen molar-refractivity contribution >= 4 is 46.4 Å². The number of ether oxygens (including phenoxy) is 1. The molecule has 3 amide bonds. The lowest BCUT2D eigenvalue weighted by molar-refractivity contribution is -0.150. The summed E-state index contributed by atoms with van der Waals surface area (Å²) in [4.78, 5) is 68.8. The number of nitrogens with two attached hydrogens (primary N) is 1. The van der Waals surface area contributed by atoms with Gasteiger partial charge >= 0.3 is 5.97 Å². The van der Waals surface area contributed by atoms with E-state index in [-0.39, 0.29) is 28.8 Å². The molecule has 0 saturated heterocycles. The molecule has 0 radical (unpaired) electrons. The number of esters is 1. The van der Waals surface area contributed by atoms with Crippen LogP contribution in [0.15, 0.2) is 53.3 Å². The van der Waals surface area contributed by atoms with Gasteiger partial charge in [-0.2, -0.15) is 11.8 Å². The van der Waals surface area contributed by atoms with Gasteiger partial charge in [-0.15, -0.1) is 0 Å². The predicted octanol–water partition coefficient (Wildman–Crippen LogP) is 1.34. The van der Waals surface area contributed by atoms with Gasteiger partial charge in [0.2, 0.25) is 5.91 Å². The van der Waals surface area contributed by atoms with Gasteiger partial charge in [0, 0.05) is 0 Å². The second-order valence-electron chi connectivity index (χ2n) is 7.83. The van der Waals surface area contributed by atoms with Gasteiger partial charge in [-0.1, -0.05) is 24.3 Å². The Balaban J connectivity index is 1.63. The van der Waals surface area contributed by atoms with E-state index in [0.717, 1.165) is 9.47 Å². The number of rotatable bonds is 9. The quantitative estimate of drug-likeness (QED) is 0.347. The molecule has 3 aromatic rings. The molecule has 0 fully saturated rings. The van der Waals surface area contributed by atoms with Crippen LogP contribution in [0.2, 0.25) is 0 Å². The van der Waals surface area contributed by atoms with Crippen LogP contribution in [0.3, 0.4) is 0 Å². The second kappa shape index (κ2) is 10.1. The molecule has 4 rings (SSSR count). The average Bonchev–Trinajstić information content (AvgIpc) is 3.10. The van der Waals surface area contributed by atoms with Crippen LogP contribution in [-0.4, -0.2) is 56.2 Å². The van der Waals surface area contributed by atoms with E-state index in [1.54, 1.807) is 36.4 Å². The summed E-state index contributed by atoms with van der Waals surface area (Å²) in [5.41, 5.74) is 5.62. The van der Waals surface area contributed by atoms with E-state index in [4.69, 9.17) is 10.5 Å². The molecule has 0 saturated carbocycles. The van der Waals surface area contributed by atoms with E-state index in [0.29, 0.717) is 11.3 Å². The van der Waals surface area contributed by atoms with Gasteiger partial charge < -0.3 is 10.5 Å². The fraction of sp³-hybridized carbons (Fsp3) is 0.250. The van der Waals surface area contributed by atoms with Crippen LogP contribution in [0.1, 0.15) is 33.0 Å². The summed E-state index contributed by atoms with van der Waals surface area (Å²) in [6, 6.07) is 11.8. The van der Waals surface area contributed by atoms with Crippen LogP contribution in [0.5, 0.6) is 0 Å². The standard InChI is InChI=1S/C24H22N4O6S/c1-35-11-10-18(28-22(31)14-6-2-3-7-15(14)23(28)32)24(33)34-13-20-26-17-9-5-4-8-16(17)21(30)27(20)12-19(25)29/h2-9,18H,10-13H2,1H3,(H2,25,29). The van der Waals surface area contributed by atoms with Crippen LogP contribution in [-0.2, 0) is 27.5 Å². The third-order valence-corrected chi connectivity index (χ3v) is 6.25. The third-order valence-electron chi connectivity index (χ3n) is 5.60. The van der Waals surface area contributed by atoms with Crippen molar-refractivity contribution in [3.05, 3.63) is 75.8 Å². The summed E-state index contributed by atoms with van der Waals surface area (Å²) in [6.07, 6.45) is 2.02. The Morgan fingerprint density at radius 3 is 2.29 bits per heavy atom. The first-order valence-corrected chi connectivity index (χ1v) is 12.1. The number of carbonyl (C=O) groups is 4. The molecule has 35 heavy (non-hydrogen) atoms. The highest BCUT2D eigenvalue weighted by molar-refractivity contribution is 7.98. The molecule has 180 valence electrons. The molecule has 10 nitrogen and oxygen atoms in total. The lowest BCUT2D eigenvalue weighted by Gasteiger charge is -2.24. The maximum Gasteiger partial charge on any atom is 0.329 e. The minimum atomic E-state index is -1.16. The van der Waals surface area contributed by atoms with E-state index in [2.05, 4.69) is 4.98 Å². The van der Waals surface area contributed by atoms with Crippen molar-refractivity contribution < 1.29 is 23.9 Å². The Hall–Kier alpha value is -3.99. The van der Waals surface area contributed by atoms with Crippen molar-refractivity contribution in [3.8, 4) is 0 Å². The zero-order valence-electron chi connectivity index (χ0n) is 18.8. The van der Waals surface area contributed by atoms with Gasteiger partial charge in [-0.25, -0.2) is 9.78 Å². The van der Waals surface area contributed by atoms with E-state index < -0.39 is 48.4 Å². The normalized spacial score (nSPS) is 13.7. The van der Waals surface area contributed by atoms with Gasteiger partial charge in [0.15, 0.2) is 5.82 Å². The predicted molar refractivity (Wildman–Crippen MR) is 129 cm³/mol. The maximum absolute atomic E-state index is 13.1. The zero-order valence-corrected chi connectivity index (χ0v) is 19.6. The number of benzene rings is 2. The number of nitrogens with zero attached hydrogens (tertiary/aromatic N) is 3. The van der Waals surface area contributed by atoms with Crippen LogP contribution >= 0.6 is 11.8 Å². The molecule has 0 bridgehead atoms. The van der Waals surface area contributed by atoms with Gasteiger partial charge in [-0.3, -0.25) is 28.6 Å². The van der Waals surface area contributed by atoms with Crippen molar-refractivity contribution in [2.45, 2.75) is 25.6 Å². The Labute approximate surface area is 204 Å². The molecule has 1 aliphatic heterocycles. The van der Waals surface area contributed by atoms with Crippen LogP contribution in [0.25, 0.3) is 10.9 Å². The Morgan fingerprint density at radius 2 is 1.66 bits per heavy atom. The molecule has 1 aliphatic rings. The number of imide groups is 1. The summed E-state index contributed by atoms with van der Waals surface area (Å²) in [7, 11) is 0. The molecule has 0 spiro atoms. The van der Waals surface area contributed by atoms with Crippen molar-refractivity contribution in [2.75, 3.05) is 12.0 Å². The summed E-state index contributed by atoms with van der Waals surface area (Å²) in [6.45, 7) is -0.900. The van der Waals surface area contributed by atoms with Crippen molar-refractivity contribution in [1.29, 1.82) is 0 Å². The third kappa shape index (κ3) is 4.67. The highest BCUT2D eigenvalue weighted by Gasteiger charge is 2.43. The van der Waals surface area contributed by atoms with Gasteiger partial charge in [-0.05, 0) is 42.7 Å². The lowest BCUT2D eigenvalue weighted by Crippen LogP contribution is -2.46. The van der Waals surface area contributed by atoms with Crippen molar-refractivity contribution in [1.82, 2.24) is 14.5 Å². The van der Waals surface area contributed by atoms with E-state index >= 15 is 0 Å². The number of primary amides is 1. The largest absolute Gasteiger partial charge is 0.456 e. The van der Waals surface area contributed by atoms with Gasteiger partial charge in [0.05, 0.1) is 22.0 Å². The lowest BCUT2D eigenvalue weighted by atomic mass is 10.1.